The van der Waals surface area contributed by atoms with Crippen molar-refractivity contribution in [2.24, 2.45) is 0 Å². The Morgan fingerprint density at radius 2 is 1.92 bits per heavy atom. The van der Waals surface area contributed by atoms with Crippen molar-refractivity contribution in [3.63, 3.8) is 0 Å². The van der Waals surface area contributed by atoms with E-state index in [4.69, 9.17) is 0 Å². The molecule has 1 aromatic carbocycles. The first kappa shape index (κ1) is 9.04. The van der Waals surface area contributed by atoms with E-state index in [0.29, 0.717) is 5.54 Å². The highest BCUT2D eigenvalue weighted by Crippen LogP contribution is 2.45. The van der Waals surface area contributed by atoms with Crippen LogP contribution in [-0.2, 0) is 12.1 Å². The average molecular weight is 196 g/mol. The van der Waals surface area contributed by atoms with Crippen molar-refractivity contribution < 1.29 is 0 Å². The number of halogens is 1. The van der Waals surface area contributed by atoms with Crippen molar-refractivity contribution in [3.8, 4) is 0 Å². The van der Waals surface area contributed by atoms with Gasteiger partial charge in [-0.1, -0.05) is 24.3 Å². The summed E-state index contributed by atoms with van der Waals surface area (Å²) in [5, 5.41) is 3.63. The van der Waals surface area contributed by atoms with Gasteiger partial charge in [-0.2, -0.15) is 0 Å². The molecule has 2 aliphatic rings. The van der Waals surface area contributed by atoms with Crippen LogP contribution < -0.4 is 5.32 Å². The van der Waals surface area contributed by atoms with Crippen LogP contribution in [-0.4, -0.2) is 0 Å². The predicted octanol–water partition coefficient (Wildman–Crippen LogP) is 2.59. The van der Waals surface area contributed by atoms with E-state index in [-0.39, 0.29) is 12.4 Å². The summed E-state index contributed by atoms with van der Waals surface area (Å²) in [6, 6.07) is 8.83. The van der Waals surface area contributed by atoms with Crippen LogP contribution in [0.15, 0.2) is 24.3 Å². The van der Waals surface area contributed by atoms with Crippen LogP contribution in [0.4, 0.5) is 0 Å². The van der Waals surface area contributed by atoms with Gasteiger partial charge in [-0.3, -0.25) is 0 Å². The van der Waals surface area contributed by atoms with Gasteiger partial charge in [0.2, 0.25) is 0 Å². The summed E-state index contributed by atoms with van der Waals surface area (Å²) in [5.41, 5.74) is 3.48. The Bertz CT molecular complexity index is 318. The van der Waals surface area contributed by atoms with Gasteiger partial charge in [0.1, 0.15) is 0 Å². The number of hydrogen-bond acceptors (Lipinski definition) is 1. The maximum atomic E-state index is 3.63. The topological polar surface area (TPSA) is 12.0 Å². The molecule has 1 heterocycles. The van der Waals surface area contributed by atoms with Crippen molar-refractivity contribution in [2.75, 3.05) is 0 Å². The van der Waals surface area contributed by atoms with Gasteiger partial charge in [0, 0.05) is 12.1 Å². The largest absolute Gasteiger partial charge is 0.303 e. The van der Waals surface area contributed by atoms with Crippen LogP contribution in [0.3, 0.4) is 0 Å². The molecule has 1 aliphatic carbocycles. The number of hydrogen-bond donors (Lipinski definition) is 1. The standard InChI is InChI=1S/C11H13N.ClH/c1-2-5-10-9(4-1)8-12-11(10)6-3-7-11;/h1-2,4-5,12H,3,6-8H2;1H. The lowest BCUT2D eigenvalue weighted by atomic mass is 9.73. The van der Waals surface area contributed by atoms with Gasteiger partial charge in [0.25, 0.3) is 0 Å². The third kappa shape index (κ3) is 1.11. The molecule has 2 heteroatoms. The first-order valence-electron chi connectivity index (χ1n) is 4.74. The van der Waals surface area contributed by atoms with Crippen LogP contribution in [0.1, 0.15) is 30.4 Å². The highest BCUT2D eigenvalue weighted by Gasteiger charge is 2.42. The summed E-state index contributed by atoms with van der Waals surface area (Å²) in [7, 11) is 0. The van der Waals surface area contributed by atoms with Gasteiger partial charge in [-0.25, -0.2) is 0 Å². The van der Waals surface area contributed by atoms with E-state index in [1.165, 1.54) is 24.8 Å². The SMILES string of the molecule is Cl.c1ccc2c(c1)CNC21CCC1. The van der Waals surface area contributed by atoms with Gasteiger partial charge < -0.3 is 5.32 Å². The summed E-state index contributed by atoms with van der Waals surface area (Å²) in [4.78, 5) is 0. The maximum absolute atomic E-state index is 3.63. The Morgan fingerprint density at radius 3 is 2.62 bits per heavy atom. The molecule has 3 rings (SSSR count). The van der Waals surface area contributed by atoms with Crippen molar-refractivity contribution >= 4 is 12.4 Å². The first-order valence-corrected chi connectivity index (χ1v) is 4.74. The third-order valence-corrected chi connectivity index (χ3v) is 3.36. The Hall–Kier alpha value is -0.530. The highest BCUT2D eigenvalue weighted by molar-refractivity contribution is 5.85. The Labute approximate surface area is 84.9 Å². The number of rotatable bonds is 0. The highest BCUT2D eigenvalue weighted by atomic mass is 35.5. The van der Waals surface area contributed by atoms with Gasteiger partial charge in [0.15, 0.2) is 0 Å². The van der Waals surface area contributed by atoms with E-state index in [9.17, 15) is 0 Å². The van der Waals surface area contributed by atoms with E-state index in [0.717, 1.165) is 6.54 Å². The number of benzene rings is 1. The lowest BCUT2D eigenvalue weighted by molar-refractivity contribution is 0.203. The molecular formula is C11H14ClN. The fourth-order valence-electron chi connectivity index (χ4n) is 2.48. The average Bonchev–Trinajstić information content (AvgIpc) is 2.42. The smallest absolute Gasteiger partial charge is 0.0440 e. The van der Waals surface area contributed by atoms with Gasteiger partial charge in [-0.05, 0) is 30.4 Å². The third-order valence-electron chi connectivity index (χ3n) is 3.36. The van der Waals surface area contributed by atoms with E-state index < -0.39 is 0 Å². The number of nitrogens with one attached hydrogen (secondary N) is 1. The summed E-state index contributed by atoms with van der Waals surface area (Å²) in [5.74, 6) is 0. The molecule has 0 bridgehead atoms. The molecule has 0 amide bonds. The second-order valence-corrected chi connectivity index (χ2v) is 3.95. The lowest BCUT2D eigenvalue weighted by Crippen LogP contribution is -2.42. The van der Waals surface area contributed by atoms with E-state index >= 15 is 0 Å². The minimum Gasteiger partial charge on any atom is -0.303 e. The molecule has 0 atom stereocenters. The summed E-state index contributed by atoms with van der Waals surface area (Å²) in [6.07, 6.45) is 4.06. The first-order chi connectivity index (χ1) is 5.91. The maximum Gasteiger partial charge on any atom is 0.0440 e. The lowest BCUT2D eigenvalue weighted by Gasteiger charge is -2.39. The molecule has 1 saturated carbocycles. The molecule has 1 fully saturated rings. The zero-order valence-corrected chi connectivity index (χ0v) is 8.36. The quantitative estimate of drug-likeness (QED) is 0.671. The molecule has 1 aliphatic heterocycles. The van der Waals surface area contributed by atoms with Crippen molar-refractivity contribution in [2.45, 2.75) is 31.3 Å². The summed E-state index contributed by atoms with van der Waals surface area (Å²) < 4.78 is 0. The second kappa shape index (κ2) is 3.00. The van der Waals surface area contributed by atoms with Crippen LogP contribution in [0.2, 0.25) is 0 Å². The molecule has 0 radical (unpaired) electrons. The number of fused-ring (bicyclic) bond motifs is 2. The molecule has 13 heavy (non-hydrogen) atoms. The minimum absolute atomic E-state index is 0. The second-order valence-electron chi connectivity index (χ2n) is 3.95. The van der Waals surface area contributed by atoms with E-state index in [1.54, 1.807) is 5.56 Å². The zero-order chi connectivity index (χ0) is 8.02. The molecule has 0 unspecified atom stereocenters. The van der Waals surface area contributed by atoms with Crippen molar-refractivity contribution in [3.05, 3.63) is 35.4 Å². The van der Waals surface area contributed by atoms with Crippen LogP contribution in [0.25, 0.3) is 0 Å². The van der Waals surface area contributed by atoms with Crippen molar-refractivity contribution in [1.82, 2.24) is 5.32 Å². The molecule has 0 aromatic heterocycles. The van der Waals surface area contributed by atoms with Gasteiger partial charge in [0.05, 0.1) is 0 Å². The molecule has 1 spiro atoms. The Balaban J connectivity index is 0.000000653. The molecule has 1 N–H and O–H groups in total. The van der Waals surface area contributed by atoms with Crippen LogP contribution in [0, 0.1) is 0 Å². The fourth-order valence-corrected chi connectivity index (χ4v) is 2.48. The molecule has 1 aromatic rings. The minimum atomic E-state index is 0. The van der Waals surface area contributed by atoms with E-state index in [1.807, 2.05) is 0 Å². The fraction of sp³-hybridized carbons (Fsp3) is 0.455. The Kier molecular flexibility index (Phi) is 2.09. The molecule has 70 valence electrons. The van der Waals surface area contributed by atoms with Crippen molar-refractivity contribution in [1.29, 1.82) is 0 Å². The molecular weight excluding hydrogens is 182 g/mol. The van der Waals surface area contributed by atoms with Crippen LogP contribution in [0.5, 0.6) is 0 Å². The van der Waals surface area contributed by atoms with Gasteiger partial charge >= 0.3 is 0 Å². The summed E-state index contributed by atoms with van der Waals surface area (Å²) in [6.45, 7) is 1.08. The monoisotopic (exact) mass is 195 g/mol. The van der Waals surface area contributed by atoms with E-state index in [2.05, 4.69) is 29.6 Å². The summed E-state index contributed by atoms with van der Waals surface area (Å²) >= 11 is 0. The Morgan fingerprint density at radius 1 is 1.15 bits per heavy atom. The van der Waals surface area contributed by atoms with Crippen LogP contribution >= 0.6 is 12.4 Å². The molecule has 0 saturated heterocycles. The normalized spacial score (nSPS) is 21.8. The van der Waals surface area contributed by atoms with Gasteiger partial charge in [-0.15, -0.1) is 12.4 Å². The predicted molar refractivity (Wildman–Crippen MR) is 56.1 cm³/mol. The zero-order valence-electron chi connectivity index (χ0n) is 7.55. The molecule has 1 nitrogen and oxygen atoms in total.